The van der Waals surface area contributed by atoms with Crippen molar-refractivity contribution in [2.24, 2.45) is 0 Å². The number of hydrogen-bond donors (Lipinski definition) is 0. The molecule has 0 saturated heterocycles. The molecule has 1 fully saturated rings. The minimum absolute atomic E-state index is 0.192. The highest BCUT2D eigenvalue weighted by molar-refractivity contribution is 7.62. The van der Waals surface area contributed by atoms with Crippen LogP contribution in [0.1, 0.15) is 24.4 Å². The van der Waals surface area contributed by atoms with Gasteiger partial charge in [-0.25, -0.2) is 15.0 Å². The molecule has 7 heteroatoms. The zero-order valence-electron chi connectivity index (χ0n) is 13.0. The van der Waals surface area contributed by atoms with Gasteiger partial charge in [0.1, 0.15) is 24.8 Å². The quantitative estimate of drug-likeness (QED) is 0.794. The molecule has 0 spiro atoms. The Bertz CT molecular complexity index is 730. The average molecular weight is 308 g/mol. The lowest BCUT2D eigenvalue weighted by Gasteiger charge is -2.19. The Balaban J connectivity index is 1.84. The Morgan fingerprint density at radius 1 is 1.33 bits per heavy atom. The van der Waals surface area contributed by atoms with Crippen molar-refractivity contribution in [2.45, 2.75) is 38.8 Å². The van der Waals surface area contributed by atoms with E-state index in [0.717, 1.165) is 35.5 Å². The van der Waals surface area contributed by atoms with E-state index in [1.165, 1.54) is 0 Å². The maximum Gasteiger partial charge on any atom is 0.163 e. The fraction of sp³-hybridized carbons (Fsp3) is 0.643. The first-order chi connectivity index (χ1) is 9.78. The van der Waals surface area contributed by atoms with E-state index in [4.69, 9.17) is 4.74 Å². The van der Waals surface area contributed by atoms with E-state index < -0.39 is 7.14 Å². The van der Waals surface area contributed by atoms with Crippen LogP contribution in [0.2, 0.25) is 0 Å². The third kappa shape index (κ3) is 3.16. The summed E-state index contributed by atoms with van der Waals surface area (Å²) in [5.41, 5.74) is 2.40. The molecule has 0 radical (unpaired) electrons. The molecular formula is C14H21N4O2P. The Morgan fingerprint density at radius 3 is 2.67 bits per heavy atom. The fourth-order valence-electron chi connectivity index (χ4n) is 2.43. The number of nitrogens with zero attached hydrogens (tertiary/aromatic N) is 4. The number of imidazole rings is 1. The van der Waals surface area contributed by atoms with Crippen molar-refractivity contribution in [1.29, 1.82) is 0 Å². The van der Waals surface area contributed by atoms with Crippen molar-refractivity contribution in [2.75, 3.05) is 19.7 Å². The topological polar surface area (TPSA) is 69.9 Å². The second-order valence-electron chi connectivity index (χ2n) is 6.43. The zero-order chi connectivity index (χ0) is 15.3. The summed E-state index contributed by atoms with van der Waals surface area (Å²) in [6, 6.07) is 0. The smallest absolute Gasteiger partial charge is 0.163 e. The molecule has 2 aromatic rings. The third-order valence-electron chi connectivity index (χ3n) is 3.70. The molecule has 6 nitrogen and oxygen atoms in total. The molecule has 1 aliphatic carbocycles. The molecule has 114 valence electrons. The van der Waals surface area contributed by atoms with Crippen LogP contribution in [0.5, 0.6) is 0 Å². The van der Waals surface area contributed by atoms with Gasteiger partial charge in [0.2, 0.25) is 0 Å². The summed E-state index contributed by atoms with van der Waals surface area (Å²) >= 11 is 0. The lowest BCUT2D eigenvalue weighted by molar-refractivity contribution is 0.0505. The fourth-order valence-corrected chi connectivity index (χ4v) is 3.01. The van der Waals surface area contributed by atoms with Gasteiger partial charge in [-0.3, -0.25) is 0 Å². The molecule has 3 rings (SSSR count). The second-order valence-corrected chi connectivity index (χ2v) is 9.84. The average Bonchev–Trinajstić information content (AvgIpc) is 3.02. The summed E-state index contributed by atoms with van der Waals surface area (Å²) in [7, 11) is -2.15. The van der Waals surface area contributed by atoms with Crippen molar-refractivity contribution >= 4 is 18.3 Å². The molecule has 0 aliphatic heterocycles. The monoisotopic (exact) mass is 308 g/mol. The van der Waals surface area contributed by atoms with Gasteiger partial charge in [-0.2, -0.15) is 0 Å². The van der Waals surface area contributed by atoms with Gasteiger partial charge < -0.3 is 13.9 Å². The standard InChI is InChI=1S/C14H21N4O2P/c1-10-12-13(17-11(2)16-10)18(8-15-12)7-14(5-6-14)20-9-21(3,4)19/h8H,5-7,9H2,1-4H3. The van der Waals surface area contributed by atoms with Gasteiger partial charge >= 0.3 is 0 Å². The lowest BCUT2D eigenvalue weighted by atomic mass is 10.3. The highest BCUT2D eigenvalue weighted by Crippen LogP contribution is 2.46. The molecule has 2 aromatic heterocycles. The molecule has 0 amide bonds. The number of rotatable bonds is 5. The summed E-state index contributed by atoms with van der Waals surface area (Å²) in [6.45, 7) is 8.06. The largest absolute Gasteiger partial charge is 0.365 e. The minimum Gasteiger partial charge on any atom is -0.365 e. The molecule has 0 unspecified atom stereocenters. The summed E-state index contributed by atoms with van der Waals surface area (Å²) in [5, 5.41) is 0. The van der Waals surface area contributed by atoms with Gasteiger partial charge in [-0.05, 0) is 40.0 Å². The SMILES string of the molecule is Cc1nc(C)c2ncn(CC3(OCP(C)(C)=O)CC3)c2n1. The van der Waals surface area contributed by atoms with E-state index >= 15 is 0 Å². The maximum atomic E-state index is 11.8. The lowest BCUT2D eigenvalue weighted by Crippen LogP contribution is -2.22. The van der Waals surface area contributed by atoms with Crippen molar-refractivity contribution in [1.82, 2.24) is 19.5 Å². The molecule has 1 saturated carbocycles. The number of fused-ring (bicyclic) bond motifs is 1. The Kier molecular flexibility index (Phi) is 3.41. The van der Waals surface area contributed by atoms with Gasteiger partial charge in [0.25, 0.3) is 0 Å². The van der Waals surface area contributed by atoms with Crippen LogP contribution in [0.15, 0.2) is 6.33 Å². The van der Waals surface area contributed by atoms with Gasteiger partial charge in [-0.15, -0.1) is 0 Å². The maximum absolute atomic E-state index is 11.8. The highest BCUT2D eigenvalue weighted by atomic mass is 31.2. The van der Waals surface area contributed by atoms with E-state index in [1.54, 1.807) is 19.7 Å². The summed E-state index contributed by atoms with van der Waals surface area (Å²) in [6.07, 6.45) is 4.13. The molecule has 0 N–H and O–H groups in total. The van der Waals surface area contributed by atoms with Gasteiger partial charge in [-0.1, -0.05) is 0 Å². The van der Waals surface area contributed by atoms with E-state index in [9.17, 15) is 4.57 Å². The third-order valence-corrected chi connectivity index (χ3v) is 4.45. The van der Waals surface area contributed by atoms with Crippen LogP contribution in [0.3, 0.4) is 0 Å². The molecule has 0 bridgehead atoms. The van der Waals surface area contributed by atoms with Gasteiger partial charge in [0, 0.05) is 0 Å². The van der Waals surface area contributed by atoms with Crippen molar-refractivity contribution in [3.8, 4) is 0 Å². The van der Waals surface area contributed by atoms with Crippen LogP contribution < -0.4 is 0 Å². The summed E-state index contributed by atoms with van der Waals surface area (Å²) in [5.74, 6) is 0.749. The second kappa shape index (κ2) is 4.89. The first-order valence-corrected chi connectivity index (χ1v) is 9.91. The molecule has 1 aliphatic rings. The van der Waals surface area contributed by atoms with Crippen LogP contribution >= 0.6 is 7.14 Å². The normalized spacial score (nSPS) is 17.3. The predicted molar refractivity (Wildman–Crippen MR) is 82.2 cm³/mol. The first kappa shape index (κ1) is 14.7. The van der Waals surface area contributed by atoms with E-state index in [1.807, 2.05) is 18.4 Å². The molecule has 2 heterocycles. The number of ether oxygens (including phenoxy) is 1. The number of hydrogen-bond acceptors (Lipinski definition) is 5. The van der Waals surface area contributed by atoms with Gasteiger partial charge in [0.15, 0.2) is 5.65 Å². The van der Waals surface area contributed by atoms with Crippen LogP contribution in [0, 0.1) is 13.8 Å². The van der Waals surface area contributed by atoms with Crippen LogP contribution in [-0.4, -0.2) is 44.8 Å². The first-order valence-electron chi connectivity index (χ1n) is 7.12. The van der Waals surface area contributed by atoms with E-state index in [2.05, 4.69) is 15.0 Å². The number of aromatic nitrogens is 4. The summed E-state index contributed by atoms with van der Waals surface area (Å²) in [4.78, 5) is 13.2. The zero-order valence-corrected chi connectivity index (χ0v) is 13.9. The van der Waals surface area contributed by atoms with Crippen molar-refractivity contribution < 1.29 is 9.30 Å². The van der Waals surface area contributed by atoms with Gasteiger partial charge in [0.05, 0.1) is 24.2 Å². The molecule has 0 aromatic carbocycles. The van der Waals surface area contributed by atoms with Crippen molar-refractivity contribution in [3.05, 3.63) is 17.8 Å². The van der Waals surface area contributed by atoms with Crippen LogP contribution in [0.25, 0.3) is 11.2 Å². The molecule has 0 atom stereocenters. The Hall–Kier alpha value is -1.26. The molecule has 21 heavy (non-hydrogen) atoms. The van der Waals surface area contributed by atoms with Crippen molar-refractivity contribution in [3.63, 3.8) is 0 Å². The Morgan fingerprint density at radius 2 is 2.05 bits per heavy atom. The summed E-state index contributed by atoms with van der Waals surface area (Å²) < 4.78 is 19.8. The molecular weight excluding hydrogens is 287 g/mol. The van der Waals surface area contributed by atoms with Crippen LogP contribution in [-0.2, 0) is 15.8 Å². The Labute approximate surface area is 124 Å². The van der Waals surface area contributed by atoms with Crippen LogP contribution in [0.4, 0.5) is 0 Å². The minimum atomic E-state index is -2.15. The number of aryl methyl sites for hydroxylation is 2. The van der Waals surface area contributed by atoms with E-state index in [0.29, 0.717) is 12.9 Å². The highest BCUT2D eigenvalue weighted by Gasteiger charge is 2.45. The predicted octanol–water partition coefficient (Wildman–Crippen LogP) is 2.57. The van der Waals surface area contributed by atoms with E-state index in [-0.39, 0.29) is 5.60 Å².